The van der Waals surface area contributed by atoms with Crippen LogP contribution >= 0.6 is 11.3 Å². The molecule has 3 aromatic rings. The number of hydrogen-bond donors (Lipinski definition) is 1. The van der Waals surface area contributed by atoms with Crippen LogP contribution in [-0.4, -0.2) is 63.5 Å². The number of aliphatic hydroxyl groups is 1. The molecule has 2 amide bonds. The first kappa shape index (κ1) is 18.3. The number of carbonyl (C=O) groups is 2. The van der Waals surface area contributed by atoms with E-state index in [1.807, 2.05) is 42.5 Å². The van der Waals surface area contributed by atoms with Crippen LogP contribution in [0.1, 0.15) is 23.2 Å². The van der Waals surface area contributed by atoms with Crippen molar-refractivity contribution >= 4 is 33.4 Å². The smallest absolute Gasteiger partial charge is 0.254 e. The molecule has 2 aliphatic rings. The maximum absolute atomic E-state index is 12.8. The third kappa shape index (κ3) is 3.41. The topological polar surface area (TPSA) is 73.7 Å². The molecule has 5 rings (SSSR count). The van der Waals surface area contributed by atoms with E-state index in [-0.39, 0.29) is 11.8 Å². The van der Waals surface area contributed by atoms with Gasteiger partial charge in [0.1, 0.15) is 10.6 Å². The van der Waals surface area contributed by atoms with Crippen molar-refractivity contribution in [2.75, 3.05) is 26.2 Å². The van der Waals surface area contributed by atoms with E-state index in [2.05, 4.69) is 11.1 Å². The van der Waals surface area contributed by atoms with Gasteiger partial charge in [-0.25, -0.2) is 4.98 Å². The van der Waals surface area contributed by atoms with E-state index in [0.29, 0.717) is 44.6 Å². The molecule has 148 valence electrons. The first-order valence-corrected chi connectivity index (χ1v) is 10.6. The predicted octanol–water partition coefficient (Wildman–Crippen LogP) is 2.77. The molecule has 1 saturated heterocycles. The second kappa shape index (κ2) is 6.93. The first-order chi connectivity index (χ1) is 14.0. The number of amides is 2. The lowest BCUT2D eigenvalue weighted by molar-refractivity contribution is -0.143. The van der Waals surface area contributed by atoms with Gasteiger partial charge in [0.15, 0.2) is 0 Å². The van der Waals surface area contributed by atoms with Crippen molar-refractivity contribution in [1.82, 2.24) is 14.8 Å². The van der Waals surface area contributed by atoms with Crippen molar-refractivity contribution in [3.05, 3.63) is 54.1 Å². The summed E-state index contributed by atoms with van der Waals surface area (Å²) in [5, 5.41) is 10.9. The molecule has 2 fully saturated rings. The maximum atomic E-state index is 12.8. The van der Waals surface area contributed by atoms with Gasteiger partial charge in [-0.1, -0.05) is 24.3 Å². The average Bonchev–Trinajstić information content (AvgIpc) is 3.37. The number of piperazine rings is 1. The van der Waals surface area contributed by atoms with Gasteiger partial charge in [0, 0.05) is 37.3 Å². The number of hydrogen-bond acceptors (Lipinski definition) is 5. The molecular formula is C22H21N3O3S. The third-order valence-electron chi connectivity index (χ3n) is 5.65. The Balaban J connectivity index is 1.25. The fourth-order valence-corrected chi connectivity index (χ4v) is 4.64. The Morgan fingerprint density at radius 3 is 2.24 bits per heavy atom. The van der Waals surface area contributed by atoms with Crippen LogP contribution in [0.3, 0.4) is 0 Å². The van der Waals surface area contributed by atoms with Gasteiger partial charge in [0.2, 0.25) is 0 Å². The fourth-order valence-electron chi connectivity index (χ4n) is 3.67. The summed E-state index contributed by atoms with van der Waals surface area (Å²) in [6.45, 7) is 1.91. The Morgan fingerprint density at radius 2 is 1.59 bits per heavy atom. The van der Waals surface area contributed by atoms with Gasteiger partial charge in [-0.3, -0.25) is 9.59 Å². The number of fused-ring (bicyclic) bond motifs is 1. The van der Waals surface area contributed by atoms with Gasteiger partial charge in [0.25, 0.3) is 11.8 Å². The highest BCUT2D eigenvalue weighted by atomic mass is 32.1. The Hall–Kier alpha value is -2.77. The summed E-state index contributed by atoms with van der Waals surface area (Å²) in [4.78, 5) is 33.2. The summed E-state index contributed by atoms with van der Waals surface area (Å²) < 4.78 is 1.14. The van der Waals surface area contributed by atoms with E-state index in [1.54, 1.807) is 21.1 Å². The highest BCUT2D eigenvalue weighted by molar-refractivity contribution is 7.21. The third-order valence-corrected chi connectivity index (χ3v) is 6.73. The van der Waals surface area contributed by atoms with E-state index in [1.165, 1.54) is 0 Å². The molecule has 2 heterocycles. The quantitative estimate of drug-likeness (QED) is 0.725. The zero-order chi connectivity index (χ0) is 20.0. The number of thiazole rings is 1. The summed E-state index contributed by atoms with van der Waals surface area (Å²) in [5.74, 6) is -0.220. The van der Waals surface area contributed by atoms with Crippen molar-refractivity contribution in [3.63, 3.8) is 0 Å². The van der Waals surface area contributed by atoms with Crippen LogP contribution in [-0.2, 0) is 4.79 Å². The number of rotatable bonds is 3. The summed E-state index contributed by atoms with van der Waals surface area (Å²) in [5.41, 5.74) is 1.48. The lowest BCUT2D eigenvalue weighted by Crippen LogP contribution is -2.53. The van der Waals surface area contributed by atoms with Crippen molar-refractivity contribution in [2.45, 2.75) is 18.4 Å². The van der Waals surface area contributed by atoms with Gasteiger partial charge >= 0.3 is 0 Å². The van der Waals surface area contributed by atoms with Crippen molar-refractivity contribution < 1.29 is 14.7 Å². The van der Waals surface area contributed by atoms with Crippen molar-refractivity contribution in [2.24, 2.45) is 0 Å². The molecule has 1 aliphatic heterocycles. The summed E-state index contributed by atoms with van der Waals surface area (Å²) in [7, 11) is 0. The highest BCUT2D eigenvalue weighted by Gasteiger charge is 2.50. The molecule has 1 aromatic heterocycles. The molecule has 0 spiro atoms. The van der Waals surface area contributed by atoms with Crippen molar-refractivity contribution in [1.29, 1.82) is 0 Å². The molecule has 0 bridgehead atoms. The van der Waals surface area contributed by atoms with E-state index in [9.17, 15) is 14.7 Å². The molecule has 7 heteroatoms. The average molecular weight is 407 g/mol. The maximum Gasteiger partial charge on any atom is 0.254 e. The predicted molar refractivity (Wildman–Crippen MR) is 112 cm³/mol. The minimum Gasteiger partial charge on any atom is -0.380 e. The van der Waals surface area contributed by atoms with Crippen LogP contribution in [0.2, 0.25) is 0 Å². The zero-order valence-corrected chi connectivity index (χ0v) is 16.7. The minimum absolute atomic E-state index is 0.0296. The Bertz CT molecular complexity index is 1050. The number of nitrogens with zero attached hydrogens (tertiary/aromatic N) is 3. The van der Waals surface area contributed by atoms with Gasteiger partial charge in [-0.15, -0.1) is 11.3 Å². The fraction of sp³-hybridized carbons (Fsp3) is 0.318. The first-order valence-electron chi connectivity index (χ1n) is 9.81. The van der Waals surface area contributed by atoms with E-state index in [0.717, 1.165) is 20.8 Å². The molecule has 0 unspecified atom stereocenters. The Labute approximate surface area is 172 Å². The largest absolute Gasteiger partial charge is 0.380 e. The normalized spacial score (nSPS) is 18.1. The minimum atomic E-state index is -1.14. The van der Waals surface area contributed by atoms with Crippen LogP contribution < -0.4 is 0 Å². The van der Waals surface area contributed by atoms with Crippen LogP contribution in [0.15, 0.2) is 48.5 Å². The van der Waals surface area contributed by atoms with Crippen LogP contribution in [0.5, 0.6) is 0 Å². The molecule has 2 aromatic carbocycles. The Kier molecular flexibility index (Phi) is 4.37. The van der Waals surface area contributed by atoms with Gasteiger partial charge in [-0.05, 0) is 37.1 Å². The second-order valence-electron chi connectivity index (χ2n) is 7.68. The van der Waals surface area contributed by atoms with E-state index >= 15 is 0 Å². The number of para-hydroxylation sites is 1. The summed E-state index contributed by atoms with van der Waals surface area (Å²) in [6.07, 6.45) is 1.10. The van der Waals surface area contributed by atoms with Crippen LogP contribution in [0.4, 0.5) is 0 Å². The molecule has 6 nitrogen and oxygen atoms in total. The van der Waals surface area contributed by atoms with Crippen LogP contribution in [0, 0.1) is 0 Å². The SMILES string of the molecule is O=C(c1ccc(-c2nc3ccccc3s2)cc1)N1CCN(C(=O)C2(O)CC2)CC1. The second-order valence-corrected chi connectivity index (χ2v) is 8.71. The summed E-state index contributed by atoms with van der Waals surface area (Å²) >= 11 is 1.64. The van der Waals surface area contributed by atoms with E-state index in [4.69, 9.17) is 0 Å². The molecule has 1 N–H and O–H groups in total. The number of aromatic nitrogens is 1. The van der Waals surface area contributed by atoms with Crippen LogP contribution in [0.25, 0.3) is 20.8 Å². The lowest BCUT2D eigenvalue weighted by atomic mass is 10.1. The zero-order valence-electron chi connectivity index (χ0n) is 15.9. The van der Waals surface area contributed by atoms with Gasteiger partial charge < -0.3 is 14.9 Å². The molecule has 1 saturated carbocycles. The summed E-state index contributed by atoms with van der Waals surface area (Å²) in [6, 6.07) is 15.6. The Morgan fingerprint density at radius 1 is 0.931 bits per heavy atom. The molecule has 0 radical (unpaired) electrons. The molecular weight excluding hydrogens is 386 g/mol. The lowest BCUT2D eigenvalue weighted by Gasteiger charge is -2.35. The van der Waals surface area contributed by atoms with Gasteiger partial charge in [-0.2, -0.15) is 0 Å². The number of carbonyl (C=O) groups excluding carboxylic acids is 2. The van der Waals surface area contributed by atoms with Gasteiger partial charge in [0.05, 0.1) is 10.2 Å². The van der Waals surface area contributed by atoms with E-state index < -0.39 is 5.60 Å². The monoisotopic (exact) mass is 407 g/mol. The highest BCUT2D eigenvalue weighted by Crippen LogP contribution is 2.37. The molecule has 0 atom stereocenters. The number of benzene rings is 2. The standard InChI is InChI=1S/C22H21N3O3S/c26-20(24-11-13-25(14-12-24)21(27)22(28)9-10-22)16-7-5-15(6-8-16)19-23-17-3-1-2-4-18(17)29-19/h1-8,28H,9-14H2. The van der Waals surface area contributed by atoms with Crippen molar-refractivity contribution in [3.8, 4) is 10.6 Å². The molecule has 29 heavy (non-hydrogen) atoms. The molecule has 1 aliphatic carbocycles.